The van der Waals surface area contributed by atoms with Crippen molar-refractivity contribution in [2.24, 2.45) is 0 Å². The van der Waals surface area contributed by atoms with Gasteiger partial charge in [-0.2, -0.15) is 0 Å². The van der Waals surface area contributed by atoms with Crippen molar-refractivity contribution in [2.45, 2.75) is 19.3 Å². The Kier molecular flexibility index (Phi) is 14.0. The average molecular weight is 388 g/mol. The maximum absolute atomic E-state index is 9.10. The standard InChI is InChI=1S/C16H24ClNO2.C2H2O4/c1-3-6-14-13-15(17)7-8-16(14)20-12-5-10-18-9-4-11-19-2;3-1(4)2(5)6/h3,7-8,13,18H,1,4-6,9-12H2,2H3;(H,3,4)(H,5,6). The number of hydrogen-bond donors (Lipinski definition) is 3. The highest BCUT2D eigenvalue weighted by molar-refractivity contribution is 6.30. The first kappa shape index (κ1) is 23.9. The quantitative estimate of drug-likeness (QED) is 0.304. The predicted octanol–water partition coefficient (Wildman–Crippen LogP) is 2.62. The fourth-order valence-corrected chi connectivity index (χ4v) is 2.04. The molecule has 26 heavy (non-hydrogen) atoms. The second kappa shape index (κ2) is 15.2. The first-order chi connectivity index (χ1) is 12.4. The summed E-state index contributed by atoms with van der Waals surface area (Å²) in [5.74, 6) is -2.75. The molecule has 1 aromatic rings. The number of carboxylic acids is 2. The first-order valence-corrected chi connectivity index (χ1v) is 8.48. The Labute approximate surface area is 158 Å². The van der Waals surface area contributed by atoms with Gasteiger partial charge in [0.1, 0.15) is 5.75 Å². The van der Waals surface area contributed by atoms with Gasteiger partial charge in [-0.3, -0.25) is 0 Å². The van der Waals surface area contributed by atoms with E-state index in [1.807, 2.05) is 24.3 Å². The third-order valence-electron chi connectivity index (χ3n) is 3.03. The molecule has 0 bridgehead atoms. The average Bonchev–Trinajstić information content (AvgIpc) is 2.59. The number of carbonyl (C=O) groups is 2. The number of carboxylic acid groups (broad SMARTS) is 2. The molecule has 1 aromatic carbocycles. The van der Waals surface area contributed by atoms with Crippen LogP contribution in [0.2, 0.25) is 5.02 Å². The van der Waals surface area contributed by atoms with Gasteiger partial charge in [0.15, 0.2) is 0 Å². The summed E-state index contributed by atoms with van der Waals surface area (Å²) < 4.78 is 10.8. The van der Waals surface area contributed by atoms with E-state index in [1.165, 1.54) is 0 Å². The maximum atomic E-state index is 9.10. The van der Waals surface area contributed by atoms with Gasteiger partial charge in [0, 0.05) is 18.7 Å². The van der Waals surface area contributed by atoms with Crippen molar-refractivity contribution in [2.75, 3.05) is 33.4 Å². The van der Waals surface area contributed by atoms with Gasteiger partial charge >= 0.3 is 11.9 Å². The number of methoxy groups -OCH3 is 1. The van der Waals surface area contributed by atoms with Crippen LogP contribution in [0.5, 0.6) is 5.75 Å². The molecule has 0 aliphatic heterocycles. The molecule has 0 amide bonds. The van der Waals surface area contributed by atoms with Crippen LogP contribution in [-0.2, 0) is 20.7 Å². The topological polar surface area (TPSA) is 105 Å². The lowest BCUT2D eigenvalue weighted by atomic mass is 10.1. The van der Waals surface area contributed by atoms with Gasteiger partial charge < -0.3 is 25.0 Å². The molecule has 146 valence electrons. The number of rotatable bonds is 11. The van der Waals surface area contributed by atoms with Gasteiger partial charge in [0.05, 0.1) is 6.61 Å². The minimum absolute atomic E-state index is 0.697. The summed E-state index contributed by atoms with van der Waals surface area (Å²) in [6, 6.07) is 5.71. The Hall–Kier alpha value is -2.09. The molecule has 1 rings (SSSR count). The number of hydrogen-bond acceptors (Lipinski definition) is 5. The van der Waals surface area contributed by atoms with E-state index < -0.39 is 11.9 Å². The number of ether oxygens (including phenoxy) is 2. The van der Waals surface area contributed by atoms with E-state index in [0.29, 0.717) is 6.61 Å². The Morgan fingerprint density at radius 3 is 2.35 bits per heavy atom. The van der Waals surface area contributed by atoms with Gasteiger partial charge in [-0.05, 0) is 56.1 Å². The summed E-state index contributed by atoms with van der Waals surface area (Å²) in [7, 11) is 1.72. The van der Waals surface area contributed by atoms with Gasteiger partial charge in [-0.25, -0.2) is 9.59 Å². The van der Waals surface area contributed by atoms with E-state index in [9.17, 15) is 0 Å². The molecule has 3 N–H and O–H groups in total. The van der Waals surface area contributed by atoms with Crippen molar-refractivity contribution in [3.63, 3.8) is 0 Å². The minimum Gasteiger partial charge on any atom is -0.493 e. The van der Waals surface area contributed by atoms with Crippen LogP contribution < -0.4 is 10.1 Å². The second-order valence-electron chi connectivity index (χ2n) is 5.15. The summed E-state index contributed by atoms with van der Waals surface area (Å²) in [6.07, 6.45) is 4.64. The summed E-state index contributed by atoms with van der Waals surface area (Å²) in [5.41, 5.74) is 1.08. The highest BCUT2D eigenvalue weighted by Gasteiger charge is 2.04. The Bertz CT molecular complexity index is 553. The van der Waals surface area contributed by atoms with E-state index in [2.05, 4.69) is 11.9 Å². The SMILES string of the molecule is C=CCc1cc(Cl)ccc1OCCCNCCCOC.O=C(O)C(=O)O. The van der Waals surface area contributed by atoms with E-state index >= 15 is 0 Å². The summed E-state index contributed by atoms with van der Waals surface area (Å²) in [6.45, 7) is 7.19. The lowest BCUT2D eigenvalue weighted by Gasteiger charge is -2.11. The zero-order chi connectivity index (χ0) is 19.8. The minimum atomic E-state index is -1.82. The molecule has 0 aliphatic rings. The maximum Gasteiger partial charge on any atom is 0.414 e. The first-order valence-electron chi connectivity index (χ1n) is 8.10. The fraction of sp³-hybridized carbons (Fsp3) is 0.444. The van der Waals surface area contributed by atoms with Crippen LogP contribution in [0.15, 0.2) is 30.9 Å². The molecule has 0 aliphatic carbocycles. The molecule has 7 nitrogen and oxygen atoms in total. The largest absolute Gasteiger partial charge is 0.493 e. The van der Waals surface area contributed by atoms with Crippen molar-refractivity contribution in [1.82, 2.24) is 5.32 Å². The smallest absolute Gasteiger partial charge is 0.414 e. The van der Waals surface area contributed by atoms with Gasteiger partial charge in [-0.1, -0.05) is 17.7 Å². The Morgan fingerprint density at radius 2 is 1.81 bits per heavy atom. The molecule has 0 radical (unpaired) electrons. The lowest BCUT2D eigenvalue weighted by Crippen LogP contribution is -2.19. The van der Waals surface area contributed by atoms with Crippen LogP contribution in [0, 0.1) is 0 Å². The lowest BCUT2D eigenvalue weighted by molar-refractivity contribution is -0.159. The van der Waals surface area contributed by atoms with E-state index in [4.69, 9.17) is 40.9 Å². The number of allylic oxidation sites excluding steroid dienone is 1. The molecule has 0 spiro atoms. The molecule has 0 saturated heterocycles. The highest BCUT2D eigenvalue weighted by Crippen LogP contribution is 2.23. The molecule has 0 fully saturated rings. The molecular weight excluding hydrogens is 362 g/mol. The van der Waals surface area contributed by atoms with Crippen molar-refractivity contribution >= 4 is 23.5 Å². The van der Waals surface area contributed by atoms with E-state index in [1.54, 1.807) is 7.11 Å². The van der Waals surface area contributed by atoms with Crippen LogP contribution in [0.1, 0.15) is 18.4 Å². The number of benzene rings is 1. The molecule has 8 heteroatoms. The molecule has 0 aromatic heterocycles. The monoisotopic (exact) mass is 387 g/mol. The van der Waals surface area contributed by atoms with Crippen molar-refractivity contribution in [3.8, 4) is 5.75 Å². The molecule has 0 saturated carbocycles. The van der Waals surface area contributed by atoms with Crippen LogP contribution in [0.4, 0.5) is 0 Å². The number of aliphatic carboxylic acids is 2. The van der Waals surface area contributed by atoms with Gasteiger partial charge in [-0.15, -0.1) is 6.58 Å². The van der Waals surface area contributed by atoms with Crippen LogP contribution in [0.3, 0.4) is 0 Å². The molecular formula is C18H26ClNO6. The fourth-order valence-electron chi connectivity index (χ4n) is 1.85. The van der Waals surface area contributed by atoms with Crippen molar-refractivity contribution < 1.29 is 29.3 Å². The molecule has 0 atom stereocenters. The predicted molar refractivity (Wildman–Crippen MR) is 100 cm³/mol. The molecule has 0 heterocycles. The van der Waals surface area contributed by atoms with Crippen LogP contribution >= 0.6 is 11.6 Å². The van der Waals surface area contributed by atoms with Crippen molar-refractivity contribution in [3.05, 3.63) is 41.4 Å². The zero-order valence-electron chi connectivity index (χ0n) is 14.9. The third kappa shape index (κ3) is 12.3. The second-order valence-corrected chi connectivity index (χ2v) is 5.59. The number of nitrogens with one attached hydrogen (secondary N) is 1. The Balaban J connectivity index is 0.000000896. The van der Waals surface area contributed by atoms with Gasteiger partial charge in [0.2, 0.25) is 0 Å². The summed E-state index contributed by atoms with van der Waals surface area (Å²) in [4.78, 5) is 18.2. The Morgan fingerprint density at radius 1 is 1.19 bits per heavy atom. The summed E-state index contributed by atoms with van der Waals surface area (Å²) >= 11 is 5.99. The van der Waals surface area contributed by atoms with Crippen molar-refractivity contribution in [1.29, 1.82) is 0 Å². The highest BCUT2D eigenvalue weighted by atomic mass is 35.5. The summed E-state index contributed by atoms with van der Waals surface area (Å²) in [5, 5.41) is 18.9. The normalized spacial score (nSPS) is 9.77. The van der Waals surface area contributed by atoms with Crippen LogP contribution in [0.25, 0.3) is 0 Å². The third-order valence-corrected chi connectivity index (χ3v) is 3.26. The van der Waals surface area contributed by atoms with E-state index in [-0.39, 0.29) is 0 Å². The molecule has 0 unspecified atom stereocenters. The number of halogens is 1. The van der Waals surface area contributed by atoms with E-state index in [0.717, 1.165) is 55.3 Å². The van der Waals surface area contributed by atoms with Crippen LogP contribution in [-0.4, -0.2) is 55.6 Å². The zero-order valence-corrected chi connectivity index (χ0v) is 15.6. The van der Waals surface area contributed by atoms with Gasteiger partial charge in [0.25, 0.3) is 0 Å².